The molecule has 0 fully saturated rings. The Morgan fingerprint density at radius 2 is 1.48 bits per heavy atom. The average Bonchev–Trinajstić information content (AvgIpc) is 2.53. The number of benzene rings is 2. The van der Waals surface area contributed by atoms with E-state index in [0.29, 0.717) is 0 Å². The van der Waals surface area contributed by atoms with Gasteiger partial charge in [0.2, 0.25) is 0 Å². The third-order valence-electron chi connectivity index (χ3n) is 3.81. The van der Waals surface area contributed by atoms with Crippen LogP contribution in [0.15, 0.2) is 36.4 Å². The quantitative estimate of drug-likeness (QED) is 0.655. The molecule has 0 heterocycles. The molecule has 21 heavy (non-hydrogen) atoms. The van der Waals surface area contributed by atoms with Crippen LogP contribution >= 0.6 is 0 Å². The molecule has 0 spiro atoms. The summed E-state index contributed by atoms with van der Waals surface area (Å²) in [7, 11) is 0. The van der Waals surface area contributed by atoms with Crippen molar-refractivity contribution in [3.05, 3.63) is 64.2 Å². The maximum Gasteiger partial charge on any atom is 0.0478 e. The number of nitrogens with two attached hydrogens (primary N) is 1. The Morgan fingerprint density at radius 3 is 2.00 bits per heavy atom. The molecular formula is C20H23N. The van der Waals surface area contributed by atoms with Gasteiger partial charge < -0.3 is 5.73 Å². The minimum Gasteiger partial charge on any atom is -0.398 e. The van der Waals surface area contributed by atoms with E-state index in [1.807, 2.05) is 24.3 Å². The van der Waals surface area contributed by atoms with Crippen molar-refractivity contribution in [3.63, 3.8) is 0 Å². The number of hydrogen-bond acceptors (Lipinski definition) is 1. The van der Waals surface area contributed by atoms with E-state index in [-0.39, 0.29) is 0 Å². The molecule has 0 aliphatic heterocycles. The summed E-state index contributed by atoms with van der Waals surface area (Å²) < 4.78 is 0. The van der Waals surface area contributed by atoms with Crippen LogP contribution in [0.1, 0.15) is 48.6 Å². The molecule has 2 rings (SSSR count). The first kappa shape index (κ1) is 15.2. The zero-order valence-electron chi connectivity index (χ0n) is 13.2. The maximum atomic E-state index is 5.97. The van der Waals surface area contributed by atoms with E-state index in [1.54, 1.807) is 0 Å². The third-order valence-corrected chi connectivity index (χ3v) is 3.81. The summed E-state index contributed by atoms with van der Waals surface area (Å²) in [6.45, 7) is 6.58. The van der Waals surface area contributed by atoms with Crippen molar-refractivity contribution < 1.29 is 0 Å². The van der Waals surface area contributed by atoms with Gasteiger partial charge in [0.25, 0.3) is 0 Å². The standard InChI is InChI=1S/C20H23N/c1-4-15-13-16(5-2)19(17(6-3)14-15)12-11-18-9-7-8-10-20(18)21/h7-10,13-14H,4-6,21H2,1-3H3. The van der Waals surface area contributed by atoms with E-state index in [0.717, 1.165) is 30.5 Å². The van der Waals surface area contributed by atoms with Crippen LogP contribution in [0.25, 0.3) is 0 Å². The number of rotatable bonds is 3. The fraction of sp³-hybridized carbons (Fsp3) is 0.300. The van der Waals surface area contributed by atoms with Crippen molar-refractivity contribution in [2.75, 3.05) is 5.73 Å². The van der Waals surface area contributed by atoms with Gasteiger partial charge in [-0.3, -0.25) is 0 Å². The van der Waals surface area contributed by atoms with Crippen LogP contribution in [-0.2, 0) is 19.3 Å². The van der Waals surface area contributed by atoms with E-state index in [1.165, 1.54) is 22.3 Å². The van der Waals surface area contributed by atoms with Crippen LogP contribution in [0.2, 0.25) is 0 Å². The van der Waals surface area contributed by atoms with Gasteiger partial charge >= 0.3 is 0 Å². The van der Waals surface area contributed by atoms with E-state index >= 15 is 0 Å². The smallest absolute Gasteiger partial charge is 0.0478 e. The van der Waals surface area contributed by atoms with E-state index in [4.69, 9.17) is 5.73 Å². The fourth-order valence-corrected chi connectivity index (χ4v) is 2.50. The number of hydrogen-bond donors (Lipinski definition) is 1. The Bertz CT molecular complexity index is 661. The molecule has 0 atom stereocenters. The van der Waals surface area contributed by atoms with Crippen LogP contribution in [-0.4, -0.2) is 0 Å². The number of aryl methyl sites for hydroxylation is 3. The Morgan fingerprint density at radius 1 is 0.857 bits per heavy atom. The highest BCUT2D eigenvalue weighted by molar-refractivity contribution is 5.59. The molecule has 0 amide bonds. The molecule has 2 aromatic carbocycles. The summed E-state index contributed by atoms with van der Waals surface area (Å²) in [5, 5.41) is 0. The van der Waals surface area contributed by atoms with Crippen molar-refractivity contribution in [2.45, 2.75) is 40.0 Å². The van der Waals surface area contributed by atoms with Gasteiger partial charge in [-0.25, -0.2) is 0 Å². The van der Waals surface area contributed by atoms with Crippen LogP contribution < -0.4 is 5.73 Å². The molecule has 2 N–H and O–H groups in total. The fourth-order valence-electron chi connectivity index (χ4n) is 2.50. The SMILES string of the molecule is CCc1cc(CC)c(C#Cc2ccccc2N)c(CC)c1. The predicted molar refractivity (Wildman–Crippen MR) is 91.4 cm³/mol. The van der Waals surface area contributed by atoms with E-state index in [9.17, 15) is 0 Å². The Kier molecular flexibility index (Phi) is 5.06. The highest BCUT2D eigenvalue weighted by Gasteiger charge is 2.06. The highest BCUT2D eigenvalue weighted by Crippen LogP contribution is 2.20. The van der Waals surface area contributed by atoms with Crippen molar-refractivity contribution >= 4 is 5.69 Å². The van der Waals surface area contributed by atoms with Crippen LogP contribution in [0.3, 0.4) is 0 Å². The lowest BCUT2D eigenvalue weighted by molar-refractivity contribution is 1.03. The van der Waals surface area contributed by atoms with Gasteiger partial charge in [-0.15, -0.1) is 0 Å². The van der Waals surface area contributed by atoms with Crippen molar-refractivity contribution in [2.24, 2.45) is 0 Å². The van der Waals surface area contributed by atoms with Crippen molar-refractivity contribution in [3.8, 4) is 11.8 Å². The molecule has 0 radical (unpaired) electrons. The van der Waals surface area contributed by atoms with Gasteiger partial charge in [-0.2, -0.15) is 0 Å². The van der Waals surface area contributed by atoms with Gasteiger partial charge in [-0.1, -0.05) is 56.9 Å². The van der Waals surface area contributed by atoms with Crippen LogP contribution in [0.4, 0.5) is 5.69 Å². The summed E-state index contributed by atoms with van der Waals surface area (Å²) in [6, 6.07) is 12.4. The second-order valence-corrected chi connectivity index (χ2v) is 5.19. The number of para-hydroxylation sites is 1. The second-order valence-electron chi connectivity index (χ2n) is 5.19. The Labute approximate surface area is 128 Å². The van der Waals surface area contributed by atoms with Gasteiger partial charge in [0.15, 0.2) is 0 Å². The van der Waals surface area contributed by atoms with Crippen LogP contribution in [0, 0.1) is 11.8 Å². The molecule has 0 bridgehead atoms. The first-order chi connectivity index (χ1) is 10.2. The zero-order chi connectivity index (χ0) is 15.2. The summed E-state index contributed by atoms with van der Waals surface area (Å²) >= 11 is 0. The third kappa shape index (κ3) is 3.47. The highest BCUT2D eigenvalue weighted by atomic mass is 14.5. The van der Waals surface area contributed by atoms with Gasteiger partial charge in [0.05, 0.1) is 0 Å². The summed E-state index contributed by atoms with van der Waals surface area (Å²) in [5.74, 6) is 6.60. The lowest BCUT2D eigenvalue weighted by Gasteiger charge is -2.11. The normalized spacial score (nSPS) is 10.0. The van der Waals surface area contributed by atoms with Crippen molar-refractivity contribution in [1.82, 2.24) is 0 Å². The van der Waals surface area contributed by atoms with Gasteiger partial charge in [0, 0.05) is 16.8 Å². The maximum absolute atomic E-state index is 5.97. The minimum atomic E-state index is 0.742. The largest absolute Gasteiger partial charge is 0.398 e. The topological polar surface area (TPSA) is 26.0 Å². The second kappa shape index (κ2) is 6.99. The Hall–Kier alpha value is -2.20. The summed E-state index contributed by atoms with van der Waals surface area (Å²) in [6.07, 6.45) is 3.09. The summed E-state index contributed by atoms with van der Waals surface area (Å²) in [5.41, 5.74) is 12.9. The lowest BCUT2D eigenvalue weighted by atomic mass is 9.94. The molecule has 0 aromatic heterocycles. The number of anilines is 1. The molecule has 0 unspecified atom stereocenters. The number of nitrogen functional groups attached to an aromatic ring is 1. The van der Waals surface area contributed by atoms with Gasteiger partial charge in [-0.05, 0) is 48.1 Å². The van der Waals surface area contributed by atoms with Crippen LogP contribution in [0.5, 0.6) is 0 Å². The molecule has 0 saturated carbocycles. The van der Waals surface area contributed by atoms with E-state index < -0.39 is 0 Å². The average molecular weight is 277 g/mol. The first-order valence-corrected chi connectivity index (χ1v) is 7.70. The van der Waals surface area contributed by atoms with Crippen molar-refractivity contribution in [1.29, 1.82) is 0 Å². The van der Waals surface area contributed by atoms with Gasteiger partial charge in [0.1, 0.15) is 0 Å². The minimum absolute atomic E-state index is 0.742. The molecule has 1 heteroatoms. The molecule has 0 aliphatic carbocycles. The molecular weight excluding hydrogens is 254 g/mol. The molecule has 2 aromatic rings. The summed E-state index contributed by atoms with van der Waals surface area (Å²) in [4.78, 5) is 0. The first-order valence-electron chi connectivity index (χ1n) is 7.70. The predicted octanol–water partition coefficient (Wildman–Crippen LogP) is 4.36. The molecule has 0 saturated heterocycles. The molecule has 1 nitrogen and oxygen atoms in total. The Balaban J connectivity index is 2.52. The lowest BCUT2D eigenvalue weighted by Crippen LogP contribution is -1.98. The zero-order valence-corrected chi connectivity index (χ0v) is 13.2. The van der Waals surface area contributed by atoms with E-state index in [2.05, 4.69) is 44.7 Å². The molecule has 0 aliphatic rings. The molecule has 108 valence electrons. The monoisotopic (exact) mass is 277 g/mol.